The molecule has 1 N–H and O–H groups in total. The molecular weight excluding hydrogens is 214 g/mol. The summed E-state index contributed by atoms with van der Waals surface area (Å²) in [6.07, 6.45) is 0.420. The third-order valence-electron chi connectivity index (χ3n) is 2.09. The van der Waals surface area contributed by atoms with Crippen LogP contribution in [0.4, 0.5) is 0 Å². The fourth-order valence-corrected chi connectivity index (χ4v) is 1.47. The maximum Gasteiger partial charge on any atom is 0.224 e. The Kier molecular flexibility index (Phi) is 4.55. The monoisotopic (exact) mass is 235 g/mol. The van der Waals surface area contributed by atoms with Gasteiger partial charge in [0, 0.05) is 6.54 Å². The molecule has 0 bridgehead atoms. The summed E-state index contributed by atoms with van der Waals surface area (Å²) < 4.78 is 5.71. The first-order valence-electron chi connectivity index (χ1n) is 5.95. The van der Waals surface area contributed by atoms with Gasteiger partial charge in [-0.25, -0.2) is 0 Å². The van der Waals surface area contributed by atoms with Crippen molar-refractivity contribution in [3.05, 3.63) is 29.8 Å². The largest absolute Gasteiger partial charge is 0.488 e. The molecule has 1 rings (SSSR count). The van der Waals surface area contributed by atoms with Crippen molar-refractivity contribution in [2.75, 3.05) is 6.54 Å². The molecule has 0 aromatic heterocycles. The Morgan fingerprint density at radius 1 is 1.24 bits per heavy atom. The first kappa shape index (κ1) is 13.6. The van der Waals surface area contributed by atoms with Crippen molar-refractivity contribution in [3.8, 4) is 5.75 Å². The van der Waals surface area contributed by atoms with Gasteiger partial charge < -0.3 is 10.1 Å². The molecule has 0 aliphatic heterocycles. The van der Waals surface area contributed by atoms with Crippen LogP contribution < -0.4 is 10.1 Å². The minimum atomic E-state index is -0.193. The Labute approximate surface area is 103 Å². The minimum absolute atomic E-state index is 0.0528. The summed E-state index contributed by atoms with van der Waals surface area (Å²) in [6, 6.07) is 7.66. The third-order valence-corrected chi connectivity index (χ3v) is 2.09. The lowest BCUT2D eigenvalue weighted by atomic mass is 10.1. The average molecular weight is 235 g/mol. The topological polar surface area (TPSA) is 38.3 Å². The molecule has 0 fully saturated rings. The molecule has 0 aliphatic rings. The molecule has 1 aromatic carbocycles. The number of rotatable bonds is 4. The van der Waals surface area contributed by atoms with Crippen molar-refractivity contribution >= 4 is 5.91 Å². The molecule has 0 saturated heterocycles. The first-order valence-corrected chi connectivity index (χ1v) is 5.95. The number of carbonyl (C=O) groups is 1. The van der Waals surface area contributed by atoms with E-state index < -0.39 is 0 Å². The van der Waals surface area contributed by atoms with E-state index in [1.807, 2.05) is 52.0 Å². The maximum absolute atomic E-state index is 11.4. The summed E-state index contributed by atoms with van der Waals surface area (Å²) in [7, 11) is 0. The van der Waals surface area contributed by atoms with Gasteiger partial charge in [0.15, 0.2) is 0 Å². The predicted octanol–water partition coefficient (Wildman–Crippen LogP) is 2.54. The highest BCUT2D eigenvalue weighted by Gasteiger charge is 2.11. The molecule has 0 atom stereocenters. The second-order valence-electron chi connectivity index (χ2n) is 4.99. The van der Waals surface area contributed by atoms with Crippen LogP contribution in [0, 0.1) is 0 Å². The fourth-order valence-electron chi connectivity index (χ4n) is 1.47. The number of hydrogen-bond acceptors (Lipinski definition) is 2. The summed E-state index contributed by atoms with van der Waals surface area (Å²) in [6.45, 7) is 8.61. The summed E-state index contributed by atoms with van der Waals surface area (Å²) in [5.41, 5.74) is 0.804. The van der Waals surface area contributed by atoms with Gasteiger partial charge in [-0.3, -0.25) is 4.79 Å². The van der Waals surface area contributed by atoms with Crippen LogP contribution in [0.2, 0.25) is 0 Å². The highest BCUT2D eigenvalue weighted by atomic mass is 16.5. The summed E-state index contributed by atoms with van der Waals surface area (Å²) in [5, 5.41) is 2.78. The second kappa shape index (κ2) is 5.71. The Bertz CT molecular complexity index is 363. The number of amides is 1. The molecule has 1 aromatic rings. The van der Waals surface area contributed by atoms with Gasteiger partial charge in [-0.1, -0.05) is 12.1 Å². The normalized spacial score (nSPS) is 11.1. The van der Waals surface area contributed by atoms with Gasteiger partial charge >= 0.3 is 0 Å². The van der Waals surface area contributed by atoms with Crippen LogP contribution in [0.3, 0.4) is 0 Å². The fraction of sp³-hybridized carbons (Fsp3) is 0.500. The lowest BCUT2D eigenvalue weighted by molar-refractivity contribution is -0.120. The lowest BCUT2D eigenvalue weighted by Crippen LogP contribution is -2.24. The molecule has 0 heterocycles. The smallest absolute Gasteiger partial charge is 0.224 e. The van der Waals surface area contributed by atoms with Crippen LogP contribution in [0.1, 0.15) is 33.3 Å². The highest BCUT2D eigenvalue weighted by molar-refractivity contribution is 5.78. The zero-order chi connectivity index (χ0) is 12.9. The van der Waals surface area contributed by atoms with Gasteiger partial charge in [0.1, 0.15) is 11.4 Å². The van der Waals surface area contributed by atoms with E-state index in [1.165, 1.54) is 0 Å². The molecule has 17 heavy (non-hydrogen) atoms. The van der Waals surface area contributed by atoms with Crippen LogP contribution >= 0.6 is 0 Å². The van der Waals surface area contributed by atoms with E-state index in [-0.39, 0.29) is 11.5 Å². The van der Waals surface area contributed by atoms with E-state index >= 15 is 0 Å². The van der Waals surface area contributed by atoms with Gasteiger partial charge in [0.2, 0.25) is 5.91 Å². The van der Waals surface area contributed by atoms with Crippen LogP contribution in [-0.4, -0.2) is 18.1 Å². The Balaban J connectivity index is 2.59. The molecule has 0 radical (unpaired) electrons. The van der Waals surface area contributed by atoms with Gasteiger partial charge in [0.05, 0.1) is 6.42 Å². The van der Waals surface area contributed by atoms with E-state index in [0.717, 1.165) is 11.3 Å². The van der Waals surface area contributed by atoms with Crippen LogP contribution in [0.5, 0.6) is 5.75 Å². The van der Waals surface area contributed by atoms with E-state index in [2.05, 4.69) is 5.32 Å². The molecule has 0 saturated carbocycles. The molecule has 3 nitrogen and oxygen atoms in total. The lowest BCUT2D eigenvalue weighted by Gasteiger charge is -2.21. The van der Waals surface area contributed by atoms with E-state index in [9.17, 15) is 4.79 Å². The van der Waals surface area contributed by atoms with Gasteiger partial charge in [-0.15, -0.1) is 0 Å². The minimum Gasteiger partial charge on any atom is -0.488 e. The number of hydrogen-bond donors (Lipinski definition) is 1. The SMILES string of the molecule is CCNC(=O)Cc1ccc(OC(C)(C)C)cc1. The van der Waals surface area contributed by atoms with Gasteiger partial charge in [-0.2, -0.15) is 0 Å². The quantitative estimate of drug-likeness (QED) is 0.871. The summed E-state index contributed by atoms with van der Waals surface area (Å²) >= 11 is 0. The molecule has 94 valence electrons. The van der Waals surface area contributed by atoms with Crippen molar-refractivity contribution < 1.29 is 9.53 Å². The predicted molar refractivity (Wildman–Crippen MR) is 69.2 cm³/mol. The van der Waals surface area contributed by atoms with Crippen molar-refractivity contribution in [1.29, 1.82) is 0 Å². The van der Waals surface area contributed by atoms with Gasteiger partial charge in [-0.05, 0) is 45.4 Å². The molecule has 0 aliphatic carbocycles. The number of likely N-dealkylation sites (N-methyl/N-ethyl adjacent to an activating group) is 1. The average Bonchev–Trinajstić information content (AvgIpc) is 2.19. The van der Waals surface area contributed by atoms with Crippen LogP contribution in [0.25, 0.3) is 0 Å². The summed E-state index contributed by atoms with van der Waals surface area (Å²) in [4.78, 5) is 11.4. The van der Waals surface area contributed by atoms with Crippen LogP contribution in [-0.2, 0) is 11.2 Å². The van der Waals surface area contributed by atoms with E-state index in [1.54, 1.807) is 0 Å². The Morgan fingerprint density at radius 3 is 2.29 bits per heavy atom. The zero-order valence-corrected chi connectivity index (χ0v) is 11.0. The van der Waals surface area contributed by atoms with Crippen molar-refractivity contribution in [2.45, 2.75) is 39.7 Å². The third kappa shape index (κ3) is 5.38. The molecular formula is C14H21NO2. The first-order chi connectivity index (χ1) is 7.90. The summed E-state index contributed by atoms with van der Waals surface area (Å²) in [5.74, 6) is 0.883. The number of ether oxygens (including phenoxy) is 1. The Morgan fingerprint density at radius 2 is 1.82 bits per heavy atom. The number of carbonyl (C=O) groups excluding carboxylic acids is 1. The highest BCUT2D eigenvalue weighted by Crippen LogP contribution is 2.18. The molecule has 1 amide bonds. The number of nitrogens with one attached hydrogen (secondary N) is 1. The van der Waals surface area contributed by atoms with E-state index in [4.69, 9.17) is 4.74 Å². The van der Waals surface area contributed by atoms with Crippen molar-refractivity contribution in [2.24, 2.45) is 0 Å². The Hall–Kier alpha value is -1.51. The van der Waals surface area contributed by atoms with E-state index in [0.29, 0.717) is 13.0 Å². The van der Waals surface area contributed by atoms with Crippen molar-refractivity contribution in [3.63, 3.8) is 0 Å². The standard InChI is InChI=1S/C14H21NO2/c1-5-15-13(16)10-11-6-8-12(9-7-11)17-14(2,3)4/h6-9H,5,10H2,1-4H3,(H,15,16). The van der Waals surface area contributed by atoms with Gasteiger partial charge in [0.25, 0.3) is 0 Å². The molecule has 3 heteroatoms. The van der Waals surface area contributed by atoms with Crippen LogP contribution in [0.15, 0.2) is 24.3 Å². The second-order valence-corrected chi connectivity index (χ2v) is 4.99. The van der Waals surface area contributed by atoms with Crippen molar-refractivity contribution in [1.82, 2.24) is 5.32 Å². The number of benzene rings is 1. The zero-order valence-electron chi connectivity index (χ0n) is 11.0. The molecule has 0 spiro atoms. The maximum atomic E-state index is 11.4. The molecule has 0 unspecified atom stereocenters.